The average Bonchev–Trinajstić information content (AvgIpc) is 1.38. The fraction of sp³-hybridized carbons (Fsp3) is 0.500. The third kappa shape index (κ3) is 9.07. The summed E-state index contributed by atoms with van der Waals surface area (Å²) in [6.07, 6.45) is 0. The van der Waals surface area contributed by atoms with E-state index in [4.69, 9.17) is 0 Å². The summed E-state index contributed by atoms with van der Waals surface area (Å²) in [5, 5.41) is -0.551. The van der Waals surface area contributed by atoms with E-state index in [0.29, 0.717) is 0 Å². The van der Waals surface area contributed by atoms with Crippen LogP contribution in [0.2, 0.25) is 0 Å². The maximum Gasteiger partial charge on any atom is 0.363 e. The number of hydrogen-bond acceptors (Lipinski definition) is 2. The third-order valence-corrected chi connectivity index (χ3v) is 0.357. The van der Waals surface area contributed by atoms with Crippen molar-refractivity contribution in [3.63, 3.8) is 0 Å². The maximum atomic E-state index is 9.45. The number of carbonyl (C=O) groups excluding carboxylic acids is 1. The predicted molar refractivity (Wildman–Crippen MR) is 27.1 cm³/mol. The molecule has 0 amide bonds. The van der Waals surface area contributed by atoms with Crippen molar-refractivity contribution < 1.29 is 9.53 Å². The summed E-state index contributed by atoms with van der Waals surface area (Å²) < 4.78 is 3.98. The molecule has 0 aliphatic rings. The largest absolute Gasteiger partial charge is 0.461 e. The van der Waals surface area contributed by atoms with E-state index in [1.165, 1.54) is 7.11 Å². The fourth-order valence-electron chi connectivity index (χ4n) is 0. The Morgan fingerprint density at radius 3 is 2.00 bits per heavy atom. The minimum absolute atomic E-state index is 0. The van der Waals surface area contributed by atoms with Crippen molar-refractivity contribution in [3.05, 3.63) is 0 Å². The zero-order valence-electron chi connectivity index (χ0n) is 3.76. The molecule has 2 nitrogen and oxygen atoms in total. The molecular formula is C2H4KO2S. The van der Waals surface area contributed by atoms with Gasteiger partial charge in [-0.05, 0) is 0 Å². The van der Waals surface area contributed by atoms with Gasteiger partial charge in [0.05, 0.1) is 7.11 Å². The number of ether oxygens (including phenoxy) is 1. The fourth-order valence-corrected chi connectivity index (χ4v) is 0. The van der Waals surface area contributed by atoms with Gasteiger partial charge in [0.1, 0.15) is 0 Å². The van der Waals surface area contributed by atoms with Gasteiger partial charge in [0.2, 0.25) is 0 Å². The number of rotatable bonds is 0. The zero-order chi connectivity index (χ0) is 4.28. The normalized spacial score (nSPS) is 5.67. The summed E-state index contributed by atoms with van der Waals surface area (Å²) in [5.41, 5.74) is 0. The second kappa shape index (κ2) is 6.46. The van der Waals surface area contributed by atoms with Crippen LogP contribution in [0.4, 0.5) is 4.79 Å². The molecule has 0 aromatic carbocycles. The molecule has 0 heterocycles. The number of hydrogen-bond donors (Lipinski definition) is 1. The van der Waals surface area contributed by atoms with Crippen molar-refractivity contribution >= 4 is 69.3 Å². The standard InChI is InChI=1S/C2H4O2S.K/c1-4-2(3)5;/h1H3,(H,3,5);. The smallest absolute Gasteiger partial charge is 0.363 e. The molecule has 0 fully saturated rings. The van der Waals surface area contributed by atoms with Crippen LogP contribution in [0.1, 0.15) is 0 Å². The van der Waals surface area contributed by atoms with Gasteiger partial charge >= 0.3 is 5.30 Å². The molecule has 6 heavy (non-hydrogen) atoms. The van der Waals surface area contributed by atoms with Crippen molar-refractivity contribution in [2.24, 2.45) is 0 Å². The van der Waals surface area contributed by atoms with Crippen LogP contribution in [0, 0.1) is 0 Å². The molecule has 0 saturated carbocycles. The number of methoxy groups -OCH3 is 1. The van der Waals surface area contributed by atoms with E-state index < -0.39 is 5.30 Å². The Balaban J connectivity index is 0. The summed E-state index contributed by atoms with van der Waals surface area (Å²) in [6, 6.07) is 0. The molecule has 0 spiro atoms. The van der Waals surface area contributed by atoms with Crippen LogP contribution >= 0.6 is 12.6 Å². The first kappa shape index (κ1) is 10.4. The summed E-state index contributed by atoms with van der Waals surface area (Å²) in [5.74, 6) is 0. The Hall–Kier alpha value is 1.46. The Labute approximate surface area is 84.5 Å². The van der Waals surface area contributed by atoms with E-state index in [1.807, 2.05) is 0 Å². The van der Waals surface area contributed by atoms with Crippen LogP contribution in [-0.2, 0) is 4.74 Å². The molecular weight excluding hydrogens is 127 g/mol. The summed E-state index contributed by atoms with van der Waals surface area (Å²) in [4.78, 5) is 9.45. The van der Waals surface area contributed by atoms with Gasteiger partial charge in [-0.1, -0.05) is 12.6 Å². The monoisotopic (exact) mass is 131 g/mol. The van der Waals surface area contributed by atoms with Gasteiger partial charge in [0, 0.05) is 51.4 Å². The summed E-state index contributed by atoms with van der Waals surface area (Å²) >= 11 is 3.24. The molecule has 0 aliphatic carbocycles. The average molecular weight is 131 g/mol. The maximum absolute atomic E-state index is 9.45. The topological polar surface area (TPSA) is 26.3 Å². The van der Waals surface area contributed by atoms with Gasteiger partial charge in [-0.3, -0.25) is 0 Å². The molecule has 0 aromatic rings. The summed E-state index contributed by atoms with van der Waals surface area (Å²) in [6.45, 7) is 0. The molecule has 0 N–H and O–H groups in total. The molecule has 0 aromatic heterocycles. The molecule has 0 saturated heterocycles. The Bertz CT molecular complexity index is 46.8. The van der Waals surface area contributed by atoms with E-state index in [0.717, 1.165) is 0 Å². The molecule has 0 rings (SSSR count). The second-order valence-corrected chi connectivity index (χ2v) is 0.835. The van der Waals surface area contributed by atoms with Gasteiger partial charge in [-0.2, -0.15) is 0 Å². The van der Waals surface area contributed by atoms with Gasteiger partial charge in [0.15, 0.2) is 0 Å². The predicted octanol–water partition coefficient (Wildman–Crippen LogP) is 0.302. The van der Waals surface area contributed by atoms with E-state index >= 15 is 0 Å². The minimum atomic E-state index is -0.551. The van der Waals surface area contributed by atoms with Crippen LogP contribution in [-0.4, -0.2) is 63.8 Å². The Kier molecular flexibility index (Phi) is 11.2. The van der Waals surface area contributed by atoms with E-state index in [9.17, 15) is 4.79 Å². The van der Waals surface area contributed by atoms with Crippen LogP contribution in [0.5, 0.6) is 0 Å². The van der Waals surface area contributed by atoms with Gasteiger partial charge < -0.3 is 4.74 Å². The van der Waals surface area contributed by atoms with Crippen molar-refractivity contribution in [2.75, 3.05) is 7.11 Å². The van der Waals surface area contributed by atoms with Crippen LogP contribution < -0.4 is 0 Å². The van der Waals surface area contributed by atoms with Crippen LogP contribution in [0.15, 0.2) is 0 Å². The van der Waals surface area contributed by atoms with Gasteiger partial charge in [-0.15, -0.1) is 0 Å². The van der Waals surface area contributed by atoms with Gasteiger partial charge in [0.25, 0.3) is 0 Å². The SMILES string of the molecule is COC(=O)S.[K]. The van der Waals surface area contributed by atoms with E-state index in [-0.39, 0.29) is 51.4 Å². The summed E-state index contributed by atoms with van der Waals surface area (Å²) in [7, 11) is 1.27. The van der Waals surface area contributed by atoms with Crippen molar-refractivity contribution in [2.45, 2.75) is 0 Å². The van der Waals surface area contributed by atoms with Crippen LogP contribution in [0.3, 0.4) is 0 Å². The first-order chi connectivity index (χ1) is 2.27. The molecule has 31 valence electrons. The zero-order valence-corrected chi connectivity index (χ0v) is 7.78. The molecule has 0 atom stereocenters. The molecule has 4 heteroatoms. The van der Waals surface area contributed by atoms with Crippen molar-refractivity contribution in [1.82, 2.24) is 0 Å². The number of thiol groups is 1. The van der Waals surface area contributed by atoms with Gasteiger partial charge in [-0.25, -0.2) is 4.79 Å². The van der Waals surface area contributed by atoms with Crippen molar-refractivity contribution in [3.8, 4) is 0 Å². The molecule has 0 bridgehead atoms. The Morgan fingerprint density at radius 1 is 1.83 bits per heavy atom. The molecule has 1 radical (unpaired) electrons. The van der Waals surface area contributed by atoms with Crippen molar-refractivity contribution in [1.29, 1.82) is 0 Å². The number of carbonyl (C=O) groups is 1. The molecule has 0 aliphatic heterocycles. The molecule has 0 unspecified atom stereocenters. The van der Waals surface area contributed by atoms with E-state index in [1.54, 1.807) is 0 Å². The third-order valence-electron chi connectivity index (χ3n) is 0.175. The quantitative estimate of drug-likeness (QED) is 0.291. The first-order valence-corrected chi connectivity index (χ1v) is 1.49. The first-order valence-electron chi connectivity index (χ1n) is 1.04. The minimum Gasteiger partial charge on any atom is -0.461 e. The van der Waals surface area contributed by atoms with E-state index in [2.05, 4.69) is 17.4 Å². The second-order valence-electron chi connectivity index (χ2n) is 0.470. The Morgan fingerprint density at radius 2 is 2.00 bits per heavy atom. The van der Waals surface area contributed by atoms with Crippen LogP contribution in [0.25, 0.3) is 0 Å².